The van der Waals surface area contributed by atoms with E-state index in [2.05, 4.69) is 15.5 Å². The van der Waals surface area contributed by atoms with Crippen LogP contribution in [-0.4, -0.2) is 16.0 Å². The fraction of sp³-hybridized carbons (Fsp3) is 0.167. The Balaban J connectivity index is 1.57. The number of aromatic nitrogens is 2. The Morgan fingerprint density at radius 3 is 2.67 bits per heavy atom. The van der Waals surface area contributed by atoms with Crippen LogP contribution in [0, 0.1) is 0 Å². The van der Waals surface area contributed by atoms with Crippen molar-refractivity contribution in [2.75, 3.05) is 5.32 Å². The standard InChI is InChI=1S/C18H14ClN3O2/c19-13-5-3-12(4-6-13)15-10-16(22-24-15)18(7-8-18)17(23)21-14-2-1-9-20-11-14/h1-6,9-11H,7-8H2,(H,21,23). The summed E-state index contributed by atoms with van der Waals surface area (Å²) in [5.41, 5.74) is 1.61. The first-order valence-corrected chi connectivity index (χ1v) is 8.00. The van der Waals surface area contributed by atoms with E-state index < -0.39 is 5.41 Å². The molecule has 6 heteroatoms. The Labute approximate surface area is 143 Å². The lowest BCUT2D eigenvalue weighted by atomic mass is 10.00. The minimum Gasteiger partial charge on any atom is -0.356 e. The maximum atomic E-state index is 12.6. The third kappa shape index (κ3) is 2.67. The molecule has 0 spiro atoms. The van der Waals surface area contributed by atoms with Gasteiger partial charge in [0.2, 0.25) is 5.91 Å². The smallest absolute Gasteiger partial charge is 0.236 e. The molecule has 0 bridgehead atoms. The molecule has 0 radical (unpaired) electrons. The summed E-state index contributed by atoms with van der Waals surface area (Å²) in [4.78, 5) is 16.7. The fourth-order valence-corrected chi connectivity index (χ4v) is 2.79. The van der Waals surface area contributed by atoms with Crippen molar-refractivity contribution < 1.29 is 9.32 Å². The monoisotopic (exact) mass is 339 g/mol. The molecule has 2 heterocycles. The zero-order valence-corrected chi connectivity index (χ0v) is 13.5. The normalized spacial score (nSPS) is 15.0. The van der Waals surface area contributed by atoms with Crippen molar-refractivity contribution in [1.82, 2.24) is 10.1 Å². The van der Waals surface area contributed by atoms with Gasteiger partial charge in [0.25, 0.3) is 0 Å². The van der Waals surface area contributed by atoms with E-state index in [1.807, 2.05) is 24.3 Å². The highest BCUT2D eigenvalue weighted by Gasteiger charge is 2.53. The van der Waals surface area contributed by atoms with Crippen molar-refractivity contribution in [2.24, 2.45) is 0 Å². The van der Waals surface area contributed by atoms with E-state index in [0.717, 1.165) is 18.4 Å². The minimum absolute atomic E-state index is 0.0774. The topological polar surface area (TPSA) is 68.0 Å². The molecule has 1 aliphatic rings. The molecule has 1 aromatic carbocycles. The van der Waals surface area contributed by atoms with Crippen LogP contribution < -0.4 is 5.32 Å². The highest BCUT2D eigenvalue weighted by molar-refractivity contribution is 6.30. The number of hydrogen-bond acceptors (Lipinski definition) is 4. The first kappa shape index (κ1) is 14.9. The third-order valence-electron chi connectivity index (χ3n) is 4.23. The van der Waals surface area contributed by atoms with Crippen LogP contribution in [0.3, 0.4) is 0 Å². The highest BCUT2D eigenvalue weighted by Crippen LogP contribution is 2.49. The van der Waals surface area contributed by atoms with Crippen LogP contribution in [0.25, 0.3) is 11.3 Å². The number of nitrogens with one attached hydrogen (secondary N) is 1. The maximum absolute atomic E-state index is 12.6. The predicted octanol–water partition coefficient (Wildman–Crippen LogP) is 4.06. The number of carbonyl (C=O) groups excluding carboxylic acids is 1. The van der Waals surface area contributed by atoms with Crippen molar-refractivity contribution in [3.05, 3.63) is 65.6 Å². The zero-order chi connectivity index (χ0) is 16.6. The molecule has 120 valence electrons. The molecular weight excluding hydrogens is 326 g/mol. The molecule has 1 saturated carbocycles. The summed E-state index contributed by atoms with van der Waals surface area (Å²) >= 11 is 5.90. The summed E-state index contributed by atoms with van der Waals surface area (Å²) in [6, 6.07) is 12.7. The van der Waals surface area contributed by atoms with E-state index >= 15 is 0 Å². The predicted molar refractivity (Wildman–Crippen MR) is 90.7 cm³/mol. The number of halogens is 1. The van der Waals surface area contributed by atoms with Gasteiger partial charge in [0.15, 0.2) is 5.76 Å². The number of pyridine rings is 1. The van der Waals surface area contributed by atoms with Crippen LogP contribution in [0.4, 0.5) is 5.69 Å². The molecule has 24 heavy (non-hydrogen) atoms. The highest BCUT2D eigenvalue weighted by atomic mass is 35.5. The summed E-state index contributed by atoms with van der Waals surface area (Å²) in [5, 5.41) is 7.69. The average Bonchev–Trinajstić information content (AvgIpc) is 3.27. The van der Waals surface area contributed by atoms with E-state index in [9.17, 15) is 4.79 Å². The summed E-state index contributed by atoms with van der Waals surface area (Å²) in [6.07, 6.45) is 4.80. The summed E-state index contributed by atoms with van der Waals surface area (Å²) < 4.78 is 5.43. The van der Waals surface area contributed by atoms with Crippen LogP contribution in [0.15, 0.2) is 59.4 Å². The lowest BCUT2D eigenvalue weighted by Crippen LogP contribution is -2.28. The molecular formula is C18H14ClN3O2. The molecule has 2 aromatic heterocycles. The summed E-state index contributed by atoms with van der Waals surface area (Å²) in [5.74, 6) is 0.550. The Hall–Kier alpha value is -2.66. The second kappa shape index (κ2) is 5.76. The van der Waals surface area contributed by atoms with Crippen LogP contribution in [0.1, 0.15) is 18.5 Å². The first-order valence-electron chi connectivity index (χ1n) is 7.62. The van der Waals surface area contributed by atoms with Crippen LogP contribution in [-0.2, 0) is 10.2 Å². The van der Waals surface area contributed by atoms with Gasteiger partial charge < -0.3 is 9.84 Å². The quantitative estimate of drug-likeness (QED) is 0.778. The molecule has 1 fully saturated rings. The van der Waals surface area contributed by atoms with Gasteiger partial charge in [-0.2, -0.15) is 0 Å². The van der Waals surface area contributed by atoms with E-state index in [4.69, 9.17) is 16.1 Å². The van der Waals surface area contributed by atoms with Crippen molar-refractivity contribution in [3.8, 4) is 11.3 Å². The number of amides is 1. The largest absolute Gasteiger partial charge is 0.356 e. The zero-order valence-electron chi connectivity index (χ0n) is 12.7. The molecule has 0 atom stereocenters. The number of carbonyl (C=O) groups is 1. The number of anilines is 1. The Bertz CT molecular complexity index is 871. The van der Waals surface area contributed by atoms with Crippen LogP contribution in [0.5, 0.6) is 0 Å². The molecule has 0 aliphatic heterocycles. The van der Waals surface area contributed by atoms with E-state index in [1.54, 1.807) is 30.6 Å². The number of rotatable bonds is 4. The van der Waals surface area contributed by atoms with Gasteiger partial charge >= 0.3 is 0 Å². The Morgan fingerprint density at radius 1 is 1.21 bits per heavy atom. The molecule has 1 N–H and O–H groups in total. The Morgan fingerprint density at radius 2 is 2.00 bits per heavy atom. The van der Waals surface area contributed by atoms with Crippen molar-refractivity contribution in [3.63, 3.8) is 0 Å². The first-order chi connectivity index (χ1) is 11.7. The van der Waals surface area contributed by atoms with Crippen molar-refractivity contribution in [2.45, 2.75) is 18.3 Å². The van der Waals surface area contributed by atoms with Crippen molar-refractivity contribution >= 4 is 23.2 Å². The van der Waals surface area contributed by atoms with Gasteiger partial charge in [-0.25, -0.2) is 0 Å². The van der Waals surface area contributed by atoms with Gasteiger partial charge in [0.05, 0.1) is 23.0 Å². The van der Waals surface area contributed by atoms with Gasteiger partial charge in [0, 0.05) is 22.8 Å². The van der Waals surface area contributed by atoms with Gasteiger partial charge in [-0.15, -0.1) is 0 Å². The van der Waals surface area contributed by atoms with Crippen LogP contribution >= 0.6 is 11.6 Å². The van der Waals surface area contributed by atoms with E-state index in [1.165, 1.54) is 0 Å². The SMILES string of the molecule is O=C(Nc1cccnc1)C1(c2cc(-c3ccc(Cl)cc3)on2)CC1. The number of nitrogens with zero attached hydrogens (tertiary/aromatic N) is 2. The molecule has 4 rings (SSSR count). The summed E-state index contributed by atoms with van der Waals surface area (Å²) in [6.45, 7) is 0. The lowest BCUT2D eigenvalue weighted by molar-refractivity contribution is -0.118. The second-order valence-corrected chi connectivity index (χ2v) is 6.30. The third-order valence-corrected chi connectivity index (χ3v) is 4.49. The van der Waals surface area contributed by atoms with Gasteiger partial charge in [0.1, 0.15) is 0 Å². The minimum atomic E-state index is -0.607. The average molecular weight is 340 g/mol. The van der Waals surface area contributed by atoms with Crippen LogP contribution in [0.2, 0.25) is 5.02 Å². The van der Waals surface area contributed by atoms with Gasteiger partial charge in [-0.1, -0.05) is 16.8 Å². The van der Waals surface area contributed by atoms with Gasteiger partial charge in [-0.05, 0) is 49.2 Å². The molecule has 1 aliphatic carbocycles. The molecule has 0 unspecified atom stereocenters. The molecule has 0 saturated heterocycles. The Kier molecular flexibility index (Phi) is 3.58. The summed E-state index contributed by atoms with van der Waals surface area (Å²) in [7, 11) is 0. The molecule has 1 amide bonds. The maximum Gasteiger partial charge on any atom is 0.236 e. The number of benzene rings is 1. The molecule has 5 nitrogen and oxygen atoms in total. The van der Waals surface area contributed by atoms with E-state index in [-0.39, 0.29) is 5.91 Å². The van der Waals surface area contributed by atoms with Gasteiger partial charge in [-0.3, -0.25) is 9.78 Å². The lowest BCUT2D eigenvalue weighted by Gasteiger charge is -2.11. The molecule has 3 aromatic rings. The van der Waals surface area contributed by atoms with Crippen molar-refractivity contribution in [1.29, 1.82) is 0 Å². The number of hydrogen-bond donors (Lipinski definition) is 1. The second-order valence-electron chi connectivity index (χ2n) is 5.86. The van der Waals surface area contributed by atoms with E-state index in [0.29, 0.717) is 22.2 Å². The fourth-order valence-electron chi connectivity index (χ4n) is 2.66.